The number of aliphatic hydroxyl groups excluding tert-OH is 2. The highest BCUT2D eigenvalue weighted by atomic mass is 19.4. The van der Waals surface area contributed by atoms with Gasteiger partial charge in [-0.15, -0.1) is 0 Å². The summed E-state index contributed by atoms with van der Waals surface area (Å²) in [7, 11) is 0. The lowest BCUT2D eigenvalue weighted by Crippen LogP contribution is -2.46. The number of nitrogens with zero attached hydrogens (tertiary/aromatic N) is 5. The van der Waals surface area contributed by atoms with E-state index in [9.17, 15) is 33.0 Å². The molecular weight excluding hydrogens is 741 g/mol. The SMILES string of the molecule is O=C(N[C@H]1C[C@@H](n2cnc3c(NCC(c4ccccc4)c4ccccc4)nc(NCCN4CCCCC4)nc32)[C@H](O)[C@@H]1O)C(OC(=O)C(F)(F)F)c1ccccc1. The van der Waals surface area contributed by atoms with Crippen molar-refractivity contribution in [2.75, 3.05) is 43.4 Å². The molecule has 13 nitrogen and oxygen atoms in total. The molecule has 16 heteroatoms. The summed E-state index contributed by atoms with van der Waals surface area (Å²) in [6, 6.07) is 25.4. The topological polar surface area (TPSA) is 167 Å². The molecule has 0 bridgehead atoms. The van der Waals surface area contributed by atoms with Gasteiger partial charge in [-0.05, 0) is 43.5 Å². The van der Waals surface area contributed by atoms with E-state index in [1.807, 2.05) is 36.4 Å². The summed E-state index contributed by atoms with van der Waals surface area (Å²) in [4.78, 5) is 42.0. The molecule has 5 aromatic rings. The lowest BCUT2D eigenvalue weighted by atomic mass is 9.91. The molecule has 3 aromatic carbocycles. The number of benzene rings is 3. The monoisotopic (exact) mass is 786 g/mol. The van der Waals surface area contributed by atoms with E-state index >= 15 is 0 Å². The van der Waals surface area contributed by atoms with Crippen molar-refractivity contribution in [1.82, 2.24) is 29.7 Å². The maximum absolute atomic E-state index is 13.4. The quantitative estimate of drug-likeness (QED) is 0.0966. The number of ether oxygens (including phenoxy) is 1. The van der Waals surface area contributed by atoms with E-state index in [4.69, 9.17) is 9.97 Å². The van der Waals surface area contributed by atoms with Crippen LogP contribution in [-0.2, 0) is 14.3 Å². The molecule has 5 atom stereocenters. The number of hydrogen-bond acceptors (Lipinski definition) is 11. The fourth-order valence-electron chi connectivity index (χ4n) is 7.63. The maximum Gasteiger partial charge on any atom is 0.490 e. The van der Waals surface area contributed by atoms with E-state index in [1.165, 1.54) is 37.0 Å². The molecule has 1 saturated carbocycles. The molecule has 1 saturated heterocycles. The van der Waals surface area contributed by atoms with Gasteiger partial charge < -0.3 is 40.4 Å². The van der Waals surface area contributed by atoms with Gasteiger partial charge in [-0.25, -0.2) is 9.78 Å². The second-order valence-corrected chi connectivity index (χ2v) is 14.4. The molecule has 0 spiro atoms. The van der Waals surface area contributed by atoms with E-state index in [2.05, 4.69) is 54.8 Å². The second kappa shape index (κ2) is 17.7. The van der Waals surface area contributed by atoms with Crippen molar-refractivity contribution in [3.63, 3.8) is 0 Å². The Balaban J connectivity index is 1.15. The molecule has 3 heterocycles. The Hall–Kier alpha value is -5.58. The molecule has 7 rings (SSSR count). The Bertz CT molecular complexity index is 2060. The first-order chi connectivity index (χ1) is 27.6. The van der Waals surface area contributed by atoms with E-state index < -0.39 is 48.4 Å². The zero-order valence-corrected chi connectivity index (χ0v) is 31.1. The van der Waals surface area contributed by atoms with E-state index in [0.717, 1.165) is 43.6 Å². The van der Waals surface area contributed by atoms with Crippen LogP contribution in [0.15, 0.2) is 97.3 Å². The lowest BCUT2D eigenvalue weighted by Gasteiger charge is -2.26. The fourth-order valence-corrected chi connectivity index (χ4v) is 7.63. The van der Waals surface area contributed by atoms with Crippen LogP contribution in [0.4, 0.5) is 24.9 Å². The van der Waals surface area contributed by atoms with Gasteiger partial charge in [0, 0.05) is 31.1 Å². The molecule has 300 valence electrons. The van der Waals surface area contributed by atoms with Gasteiger partial charge in [0.25, 0.3) is 5.91 Å². The largest absolute Gasteiger partial charge is 0.490 e. The highest BCUT2D eigenvalue weighted by Gasteiger charge is 2.47. The van der Waals surface area contributed by atoms with Crippen LogP contribution in [0.1, 0.15) is 60.4 Å². The van der Waals surface area contributed by atoms with Crippen molar-refractivity contribution in [3.05, 3.63) is 114 Å². The predicted octanol–water partition coefficient (Wildman–Crippen LogP) is 4.97. The standard InChI is InChI=1S/C41H45F3N8O5/c42-41(43,44)39(56)57-35(28-17-9-3-10-18-28)38(55)48-30-23-31(34(54)33(30)53)52-25-47-32-36(49-40(50-37(32)52)45-19-22-51-20-11-4-12-21-51)46-24-29(26-13-5-1-6-14-26)27-15-7-2-8-16-27/h1-3,5-10,13-18,25,29-31,33-35,53-54H,4,11-12,19-24H2,(H,48,55)(H2,45,46,49,50)/t30-,31+,33+,34-,35?/m0/s1. The van der Waals surface area contributed by atoms with Crippen LogP contribution in [-0.4, -0.2) is 104 Å². The Kier molecular flexibility index (Phi) is 12.3. The molecular formula is C41H45F3N8O5. The van der Waals surface area contributed by atoms with Crippen LogP contribution in [0.25, 0.3) is 11.2 Å². The summed E-state index contributed by atoms with van der Waals surface area (Å²) in [5.74, 6) is -2.89. The number of carbonyl (C=O) groups excluding carboxylic acids is 2. The van der Waals surface area contributed by atoms with Crippen LogP contribution in [0.3, 0.4) is 0 Å². The van der Waals surface area contributed by atoms with Crippen LogP contribution < -0.4 is 16.0 Å². The molecule has 1 aliphatic carbocycles. The molecule has 1 unspecified atom stereocenters. The summed E-state index contributed by atoms with van der Waals surface area (Å²) < 4.78 is 45.8. The minimum absolute atomic E-state index is 0.00315. The van der Waals surface area contributed by atoms with Crippen LogP contribution >= 0.6 is 0 Å². The number of carbonyl (C=O) groups is 2. The third kappa shape index (κ3) is 9.35. The van der Waals surface area contributed by atoms with Crippen LogP contribution in [0, 0.1) is 0 Å². The Morgan fingerprint density at radius 2 is 1.44 bits per heavy atom. The third-order valence-electron chi connectivity index (χ3n) is 10.6. The Morgan fingerprint density at radius 1 is 0.825 bits per heavy atom. The predicted molar refractivity (Wildman–Crippen MR) is 206 cm³/mol. The average molecular weight is 787 g/mol. The van der Waals surface area contributed by atoms with Gasteiger partial charge in [-0.3, -0.25) is 4.79 Å². The van der Waals surface area contributed by atoms with E-state index in [-0.39, 0.29) is 17.9 Å². The molecule has 1 aliphatic heterocycles. The summed E-state index contributed by atoms with van der Waals surface area (Å²) >= 11 is 0. The summed E-state index contributed by atoms with van der Waals surface area (Å²) in [5.41, 5.74) is 2.97. The average Bonchev–Trinajstić information content (AvgIpc) is 3.77. The van der Waals surface area contributed by atoms with Crippen molar-refractivity contribution >= 4 is 34.8 Å². The first-order valence-electron chi connectivity index (χ1n) is 19.1. The molecule has 5 N–H and O–H groups in total. The van der Waals surface area contributed by atoms with E-state index in [0.29, 0.717) is 36.0 Å². The number of amides is 1. The van der Waals surface area contributed by atoms with Crippen molar-refractivity contribution in [2.45, 2.75) is 68.2 Å². The first kappa shape index (κ1) is 39.6. The number of nitrogens with one attached hydrogen (secondary N) is 3. The minimum atomic E-state index is -5.34. The van der Waals surface area contributed by atoms with Gasteiger partial charge in [-0.2, -0.15) is 23.1 Å². The van der Waals surface area contributed by atoms with E-state index in [1.54, 1.807) is 10.6 Å². The number of imidazole rings is 1. The minimum Gasteiger partial charge on any atom is -0.441 e. The van der Waals surface area contributed by atoms with Crippen molar-refractivity contribution in [3.8, 4) is 0 Å². The zero-order valence-electron chi connectivity index (χ0n) is 31.1. The maximum atomic E-state index is 13.4. The number of alkyl halides is 3. The molecule has 1 amide bonds. The van der Waals surface area contributed by atoms with Gasteiger partial charge in [0.1, 0.15) is 12.2 Å². The Labute approximate surface area is 327 Å². The van der Waals surface area contributed by atoms with Crippen molar-refractivity contribution in [1.29, 1.82) is 0 Å². The number of rotatable bonds is 14. The highest BCUT2D eigenvalue weighted by Crippen LogP contribution is 2.36. The van der Waals surface area contributed by atoms with Crippen molar-refractivity contribution < 1.29 is 37.7 Å². The lowest BCUT2D eigenvalue weighted by molar-refractivity contribution is -0.205. The summed E-state index contributed by atoms with van der Waals surface area (Å²) in [6.07, 6.45) is -5.32. The van der Waals surface area contributed by atoms with Gasteiger partial charge in [0.05, 0.1) is 18.4 Å². The summed E-state index contributed by atoms with van der Waals surface area (Å²) in [6.45, 7) is 3.89. The number of aromatic nitrogens is 4. The molecule has 2 fully saturated rings. The highest BCUT2D eigenvalue weighted by molar-refractivity contribution is 5.87. The van der Waals surface area contributed by atoms with Crippen LogP contribution in [0.2, 0.25) is 0 Å². The molecule has 0 radical (unpaired) electrons. The number of piperidine rings is 1. The number of anilines is 2. The number of likely N-dealkylation sites (tertiary alicyclic amines) is 1. The van der Waals surface area contributed by atoms with Crippen molar-refractivity contribution in [2.24, 2.45) is 0 Å². The zero-order chi connectivity index (χ0) is 39.9. The van der Waals surface area contributed by atoms with Crippen LogP contribution in [0.5, 0.6) is 0 Å². The van der Waals surface area contributed by atoms with Gasteiger partial charge in [0.15, 0.2) is 17.0 Å². The normalized spacial score (nSPS) is 20.7. The van der Waals surface area contributed by atoms with Gasteiger partial charge in [-0.1, -0.05) is 97.4 Å². The summed E-state index contributed by atoms with van der Waals surface area (Å²) in [5, 5.41) is 31.9. The number of esters is 1. The number of fused-ring (bicyclic) bond motifs is 1. The molecule has 2 aliphatic rings. The number of hydrogen-bond donors (Lipinski definition) is 5. The molecule has 57 heavy (non-hydrogen) atoms. The third-order valence-corrected chi connectivity index (χ3v) is 10.6. The van der Waals surface area contributed by atoms with Gasteiger partial charge in [0.2, 0.25) is 12.1 Å². The number of halogens is 3. The second-order valence-electron chi connectivity index (χ2n) is 14.4. The van der Waals surface area contributed by atoms with Gasteiger partial charge >= 0.3 is 12.1 Å². The number of aliphatic hydroxyl groups is 2. The fraction of sp³-hybridized carbons (Fsp3) is 0.390. The smallest absolute Gasteiger partial charge is 0.441 e. The first-order valence-corrected chi connectivity index (χ1v) is 19.1. The molecule has 2 aromatic heterocycles. The Morgan fingerprint density at radius 3 is 2.05 bits per heavy atom.